The van der Waals surface area contributed by atoms with Crippen LogP contribution in [-0.2, 0) is 14.3 Å². The summed E-state index contributed by atoms with van der Waals surface area (Å²) in [4.78, 5) is 43.2. The SMILES string of the molecule is CCOC(=O)C1=C(CN2CCN(C(C)=O)CC2)N(C)C(=O)N[C@H]1c1cccc(OC)c1OC. The van der Waals surface area contributed by atoms with Crippen LogP contribution in [0.25, 0.3) is 0 Å². The summed E-state index contributed by atoms with van der Waals surface area (Å²) in [5.74, 6) is 0.469. The number of hydrogen-bond acceptors (Lipinski definition) is 7. The number of rotatable bonds is 7. The molecule has 2 heterocycles. The Bertz CT molecular complexity index is 939. The number of nitrogens with zero attached hydrogens (tertiary/aromatic N) is 3. The molecule has 0 aliphatic carbocycles. The Morgan fingerprint density at radius 2 is 1.82 bits per heavy atom. The monoisotopic (exact) mass is 460 g/mol. The van der Waals surface area contributed by atoms with E-state index in [2.05, 4.69) is 10.2 Å². The molecule has 1 N–H and O–H groups in total. The van der Waals surface area contributed by atoms with Gasteiger partial charge in [0.25, 0.3) is 0 Å². The molecule has 1 saturated heterocycles. The number of piperazine rings is 1. The van der Waals surface area contributed by atoms with Crippen molar-refractivity contribution < 1.29 is 28.6 Å². The van der Waals surface area contributed by atoms with Gasteiger partial charge < -0.3 is 24.4 Å². The summed E-state index contributed by atoms with van der Waals surface area (Å²) in [6, 6.07) is 4.22. The minimum absolute atomic E-state index is 0.0421. The second-order valence-corrected chi connectivity index (χ2v) is 7.89. The van der Waals surface area contributed by atoms with E-state index in [1.54, 1.807) is 44.0 Å². The van der Waals surface area contributed by atoms with Gasteiger partial charge in [0.2, 0.25) is 5.91 Å². The standard InChI is InChI=1S/C23H32N4O6/c1-6-33-22(29)19-17(14-26-10-12-27(13-11-26)15(2)28)25(3)23(30)24-20(19)16-8-7-9-18(31-4)21(16)32-5/h7-9,20H,6,10-14H2,1-5H3,(H,24,30)/t20-/m0/s1. The Labute approximate surface area is 194 Å². The molecular formula is C23H32N4O6. The predicted molar refractivity (Wildman–Crippen MR) is 121 cm³/mol. The fraction of sp³-hybridized carbons (Fsp3) is 0.522. The van der Waals surface area contributed by atoms with Crippen LogP contribution in [0.2, 0.25) is 0 Å². The minimum Gasteiger partial charge on any atom is -0.493 e. The summed E-state index contributed by atoms with van der Waals surface area (Å²) in [6.07, 6.45) is 0. The van der Waals surface area contributed by atoms with Crippen molar-refractivity contribution in [2.45, 2.75) is 19.9 Å². The van der Waals surface area contributed by atoms with E-state index in [1.807, 2.05) is 0 Å². The second-order valence-electron chi connectivity index (χ2n) is 7.89. The number of hydrogen-bond donors (Lipinski definition) is 1. The van der Waals surface area contributed by atoms with Crippen molar-refractivity contribution in [1.82, 2.24) is 20.0 Å². The van der Waals surface area contributed by atoms with Crippen molar-refractivity contribution in [2.75, 3.05) is 60.6 Å². The average molecular weight is 461 g/mol. The van der Waals surface area contributed by atoms with Crippen molar-refractivity contribution in [1.29, 1.82) is 0 Å². The van der Waals surface area contributed by atoms with Crippen LogP contribution in [0.5, 0.6) is 11.5 Å². The molecule has 2 aliphatic rings. The second kappa shape index (κ2) is 10.6. The molecule has 10 nitrogen and oxygen atoms in total. The van der Waals surface area contributed by atoms with Gasteiger partial charge in [-0.05, 0) is 13.0 Å². The fourth-order valence-corrected chi connectivity index (χ4v) is 4.20. The molecule has 1 fully saturated rings. The van der Waals surface area contributed by atoms with Crippen LogP contribution < -0.4 is 14.8 Å². The smallest absolute Gasteiger partial charge is 0.338 e. The third-order valence-electron chi connectivity index (χ3n) is 6.01. The first-order chi connectivity index (χ1) is 15.8. The number of urea groups is 1. The molecule has 0 unspecified atom stereocenters. The molecule has 1 atom stereocenters. The van der Waals surface area contributed by atoms with Crippen molar-refractivity contribution in [3.05, 3.63) is 35.0 Å². The van der Waals surface area contributed by atoms with Crippen LogP contribution in [0.1, 0.15) is 25.5 Å². The van der Waals surface area contributed by atoms with Crippen molar-refractivity contribution in [3.63, 3.8) is 0 Å². The van der Waals surface area contributed by atoms with Crippen LogP contribution in [0.4, 0.5) is 4.79 Å². The van der Waals surface area contributed by atoms with E-state index in [9.17, 15) is 14.4 Å². The van der Waals surface area contributed by atoms with Crippen LogP contribution in [0.15, 0.2) is 29.5 Å². The largest absolute Gasteiger partial charge is 0.493 e. The quantitative estimate of drug-likeness (QED) is 0.614. The van der Waals surface area contributed by atoms with Crippen molar-refractivity contribution in [3.8, 4) is 11.5 Å². The Hall–Kier alpha value is -3.27. The van der Waals surface area contributed by atoms with Crippen LogP contribution in [0.3, 0.4) is 0 Å². The number of para-hydroxylation sites is 1. The summed E-state index contributed by atoms with van der Waals surface area (Å²) in [7, 11) is 4.68. The lowest BCUT2D eigenvalue weighted by Crippen LogP contribution is -2.52. The Morgan fingerprint density at radius 3 is 2.39 bits per heavy atom. The van der Waals surface area contributed by atoms with Gasteiger partial charge in [-0.1, -0.05) is 12.1 Å². The van der Waals surface area contributed by atoms with Gasteiger partial charge >= 0.3 is 12.0 Å². The van der Waals surface area contributed by atoms with Gasteiger partial charge in [-0.15, -0.1) is 0 Å². The van der Waals surface area contributed by atoms with E-state index in [0.29, 0.717) is 61.1 Å². The van der Waals surface area contributed by atoms with Crippen LogP contribution >= 0.6 is 0 Å². The molecule has 0 spiro atoms. The molecule has 3 rings (SSSR count). The molecule has 0 radical (unpaired) electrons. The first-order valence-corrected chi connectivity index (χ1v) is 10.9. The van der Waals surface area contributed by atoms with Gasteiger partial charge in [0.05, 0.1) is 32.4 Å². The van der Waals surface area contributed by atoms with E-state index in [1.165, 1.54) is 19.1 Å². The van der Waals surface area contributed by atoms with E-state index in [-0.39, 0.29) is 18.5 Å². The number of esters is 1. The summed E-state index contributed by atoms with van der Waals surface area (Å²) in [6.45, 7) is 6.34. The summed E-state index contributed by atoms with van der Waals surface area (Å²) in [5, 5.41) is 2.91. The lowest BCUT2D eigenvalue weighted by Gasteiger charge is -2.39. The number of nitrogens with one attached hydrogen (secondary N) is 1. The molecule has 0 saturated carbocycles. The average Bonchev–Trinajstić information content (AvgIpc) is 2.81. The first-order valence-electron chi connectivity index (χ1n) is 10.9. The number of likely N-dealkylation sites (N-methyl/N-ethyl adjacent to an activating group) is 1. The minimum atomic E-state index is -0.772. The van der Waals surface area contributed by atoms with Gasteiger partial charge in [-0.2, -0.15) is 0 Å². The summed E-state index contributed by atoms with van der Waals surface area (Å²) in [5.41, 5.74) is 1.50. The molecule has 33 heavy (non-hydrogen) atoms. The topological polar surface area (TPSA) is 101 Å². The zero-order valence-corrected chi connectivity index (χ0v) is 19.8. The van der Waals surface area contributed by atoms with Gasteiger partial charge in [0.15, 0.2) is 11.5 Å². The van der Waals surface area contributed by atoms with E-state index in [4.69, 9.17) is 14.2 Å². The lowest BCUT2D eigenvalue weighted by molar-refractivity contribution is -0.139. The maximum atomic E-state index is 13.2. The molecule has 2 aliphatic heterocycles. The number of carbonyl (C=O) groups is 3. The molecule has 1 aromatic carbocycles. The zero-order valence-electron chi connectivity index (χ0n) is 19.8. The highest BCUT2D eigenvalue weighted by atomic mass is 16.5. The predicted octanol–water partition coefficient (Wildman–Crippen LogP) is 1.38. The van der Waals surface area contributed by atoms with Crippen LogP contribution in [-0.4, -0.2) is 93.2 Å². The highest BCUT2D eigenvalue weighted by Crippen LogP contribution is 2.40. The number of methoxy groups -OCH3 is 2. The summed E-state index contributed by atoms with van der Waals surface area (Å²) >= 11 is 0. The number of benzene rings is 1. The molecule has 1 aromatic rings. The van der Waals surface area contributed by atoms with E-state index < -0.39 is 12.0 Å². The number of ether oxygens (including phenoxy) is 3. The van der Waals surface area contributed by atoms with Gasteiger partial charge in [0.1, 0.15) is 0 Å². The fourth-order valence-electron chi connectivity index (χ4n) is 4.20. The van der Waals surface area contributed by atoms with Crippen molar-refractivity contribution in [2.24, 2.45) is 0 Å². The number of carbonyl (C=O) groups excluding carboxylic acids is 3. The maximum absolute atomic E-state index is 13.2. The van der Waals surface area contributed by atoms with Crippen LogP contribution in [0, 0.1) is 0 Å². The molecule has 3 amide bonds. The zero-order chi connectivity index (χ0) is 24.1. The van der Waals surface area contributed by atoms with E-state index in [0.717, 1.165) is 0 Å². The molecular weight excluding hydrogens is 428 g/mol. The summed E-state index contributed by atoms with van der Waals surface area (Å²) < 4.78 is 16.4. The van der Waals surface area contributed by atoms with Gasteiger partial charge in [-0.3, -0.25) is 14.6 Å². The van der Waals surface area contributed by atoms with Gasteiger partial charge in [0, 0.05) is 58.0 Å². The highest BCUT2D eigenvalue weighted by Gasteiger charge is 2.39. The molecule has 10 heteroatoms. The normalized spacial score (nSPS) is 19.3. The Morgan fingerprint density at radius 1 is 1.12 bits per heavy atom. The molecule has 0 aromatic heterocycles. The number of amides is 3. The third kappa shape index (κ3) is 5.05. The molecule has 180 valence electrons. The van der Waals surface area contributed by atoms with E-state index >= 15 is 0 Å². The maximum Gasteiger partial charge on any atom is 0.338 e. The Kier molecular flexibility index (Phi) is 7.80. The van der Waals surface area contributed by atoms with Crippen molar-refractivity contribution >= 4 is 17.9 Å². The first kappa shape index (κ1) is 24.4. The Balaban J connectivity index is 2.05. The van der Waals surface area contributed by atoms with Gasteiger partial charge in [-0.25, -0.2) is 9.59 Å². The lowest BCUT2D eigenvalue weighted by atomic mass is 9.93. The third-order valence-corrected chi connectivity index (χ3v) is 6.01. The molecule has 0 bridgehead atoms. The highest BCUT2D eigenvalue weighted by molar-refractivity contribution is 5.95.